The maximum absolute atomic E-state index is 9.34. The quantitative estimate of drug-likeness (QED) is 0.790. The van der Waals surface area contributed by atoms with Crippen molar-refractivity contribution in [1.29, 1.82) is 0 Å². The lowest BCUT2D eigenvalue weighted by molar-refractivity contribution is 0.335. The first-order chi connectivity index (χ1) is 7.69. The van der Waals surface area contributed by atoms with E-state index in [1.54, 1.807) is 18.5 Å². The van der Waals surface area contributed by atoms with Crippen LogP contribution in [0.3, 0.4) is 0 Å². The molecule has 1 rings (SSSR count). The van der Waals surface area contributed by atoms with Crippen LogP contribution in [-0.4, -0.2) is 21.7 Å². The van der Waals surface area contributed by atoms with Gasteiger partial charge in [-0.15, -0.1) is 0 Å². The average Bonchev–Trinajstić information content (AvgIpc) is 2.35. The molecule has 0 saturated carbocycles. The lowest BCUT2D eigenvalue weighted by Crippen LogP contribution is -1.97. The van der Waals surface area contributed by atoms with Crippen LogP contribution in [0.15, 0.2) is 35.7 Å². The maximum Gasteiger partial charge on any atom is 0.155 e. The lowest BCUT2D eigenvalue weighted by Gasteiger charge is -2.06. The van der Waals surface area contributed by atoms with Crippen molar-refractivity contribution in [2.75, 3.05) is 6.61 Å². The molecule has 0 bridgehead atoms. The summed E-state index contributed by atoms with van der Waals surface area (Å²) in [5.41, 5.74) is 3.04. The minimum atomic E-state index is 0.0153. The van der Waals surface area contributed by atoms with Crippen LogP contribution in [0.5, 0.6) is 0 Å². The van der Waals surface area contributed by atoms with Crippen LogP contribution >= 0.6 is 0 Å². The van der Waals surface area contributed by atoms with Gasteiger partial charge in [-0.2, -0.15) is 0 Å². The Bertz CT molecular complexity index is 394. The molecule has 0 aliphatic rings. The fraction of sp³-hybridized carbons (Fsp3) is 0.385. The third-order valence-electron chi connectivity index (χ3n) is 2.53. The molecule has 0 unspecified atom stereocenters. The topological polar surface area (TPSA) is 46.0 Å². The van der Waals surface area contributed by atoms with E-state index >= 15 is 0 Å². The lowest BCUT2D eigenvalue weighted by atomic mass is 10.1. The predicted octanol–water partition coefficient (Wildman–Crippen LogP) is 2.60. The van der Waals surface area contributed by atoms with E-state index in [4.69, 9.17) is 0 Å². The van der Waals surface area contributed by atoms with Gasteiger partial charge in [-0.05, 0) is 37.5 Å². The molecule has 16 heavy (non-hydrogen) atoms. The van der Waals surface area contributed by atoms with E-state index in [0.29, 0.717) is 5.82 Å². The van der Waals surface area contributed by atoms with Crippen molar-refractivity contribution in [3.8, 4) is 0 Å². The van der Waals surface area contributed by atoms with Gasteiger partial charge in [0.1, 0.15) is 0 Å². The monoisotopic (exact) mass is 218 g/mol. The number of aromatic nitrogens is 2. The highest BCUT2D eigenvalue weighted by atomic mass is 16.3. The third kappa shape index (κ3) is 3.28. The molecule has 1 aromatic heterocycles. The summed E-state index contributed by atoms with van der Waals surface area (Å²) in [6.45, 7) is 6.09. The van der Waals surface area contributed by atoms with Crippen molar-refractivity contribution in [3.63, 3.8) is 0 Å². The number of aliphatic hydroxyl groups excluding tert-OH is 1. The van der Waals surface area contributed by atoms with E-state index in [1.807, 2.05) is 13.0 Å². The Hall–Kier alpha value is -1.48. The molecule has 3 heteroatoms. The summed E-state index contributed by atoms with van der Waals surface area (Å²) in [5.74, 6) is 0.673. The second-order valence-electron chi connectivity index (χ2n) is 3.72. The first-order valence-corrected chi connectivity index (χ1v) is 5.44. The first kappa shape index (κ1) is 12.6. The first-order valence-electron chi connectivity index (χ1n) is 5.44. The molecule has 3 nitrogen and oxygen atoms in total. The van der Waals surface area contributed by atoms with Crippen LogP contribution < -0.4 is 0 Å². The second-order valence-corrected chi connectivity index (χ2v) is 3.72. The fourth-order valence-corrected chi connectivity index (χ4v) is 1.31. The van der Waals surface area contributed by atoms with Crippen LogP contribution in [0.2, 0.25) is 0 Å². The van der Waals surface area contributed by atoms with Gasteiger partial charge < -0.3 is 5.11 Å². The van der Waals surface area contributed by atoms with E-state index in [0.717, 1.165) is 17.6 Å². The SMILES string of the molecule is CC/C(C)=C\C(CO)=C(/C)c1ncccn1. The van der Waals surface area contributed by atoms with Gasteiger partial charge in [-0.25, -0.2) is 9.97 Å². The van der Waals surface area contributed by atoms with Gasteiger partial charge in [-0.1, -0.05) is 18.6 Å². The molecule has 0 aliphatic heterocycles. The molecule has 0 amide bonds. The Labute approximate surface area is 96.6 Å². The van der Waals surface area contributed by atoms with Crippen molar-refractivity contribution < 1.29 is 5.11 Å². The standard InChI is InChI=1S/C13H18N2O/c1-4-10(2)8-12(9-16)11(3)13-14-6-5-7-15-13/h5-8,16H,4,9H2,1-3H3/b10-8-,12-11-. The Morgan fingerprint density at radius 2 is 1.94 bits per heavy atom. The van der Waals surface area contributed by atoms with Gasteiger partial charge in [0.05, 0.1) is 6.61 Å². The van der Waals surface area contributed by atoms with Crippen LogP contribution in [0.4, 0.5) is 0 Å². The largest absolute Gasteiger partial charge is 0.392 e. The third-order valence-corrected chi connectivity index (χ3v) is 2.53. The number of nitrogens with zero attached hydrogens (tertiary/aromatic N) is 2. The summed E-state index contributed by atoms with van der Waals surface area (Å²) >= 11 is 0. The fourth-order valence-electron chi connectivity index (χ4n) is 1.31. The summed E-state index contributed by atoms with van der Waals surface area (Å²) in [4.78, 5) is 8.34. The Kier molecular flexibility index (Phi) is 4.86. The number of rotatable bonds is 4. The smallest absolute Gasteiger partial charge is 0.155 e. The Morgan fingerprint density at radius 3 is 2.44 bits per heavy atom. The molecule has 0 spiro atoms. The highest BCUT2D eigenvalue weighted by molar-refractivity contribution is 5.64. The molecule has 1 heterocycles. The van der Waals surface area contributed by atoms with E-state index in [-0.39, 0.29) is 6.61 Å². The minimum absolute atomic E-state index is 0.0153. The summed E-state index contributed by atoms with van der Waals surface area (Å²) in [6, 6.07) is 1.78. The van der Waals surface area contributed by atoms with Gasteiger partial charge >= 0.3 is 0 Å². The minimum Gasteiger partial charge on any atom is -0.392 e. The zero-order valence-electron chi connectivity index (χ0n) is 10.1. The van der Waals surface area contributed by atoms with Gasteiger partial charge in [0.2, 0.25) is 0 Å². The summed E-state index contributed by atoms with van der Waals surface area (Å²) in [7, 11) is 0. The van der Waals surface area contributed by atoms with Crippen molar-refractivity contribution in [2.24, 2.45) is 0 Å². The summed E-state index contributed by atoms with van der Waals surface area (Å²) in [6.07, 6.45) is 6.40. The van der Waals surface area contributed by atoms with Gasteiger partial charge in [0, 0.05) is 12.4 Å². The highest BCUT2D eigenvalue weighted by Gasteiger charge is 2.04. The highest BCUT2D eigenvalue weighted by Crippen LogP contribution is 2.16. The average molecular weight is 218 g/mol. The number of allylic oxidation sites excluding steroid dienone is 2. The van der Waals surface area contributed by atoms with Gasteiger partial charge in [-0.3, -0.25) is 0 Å². The molecule has 0 radical (unpaired) electrons. The molecular formula is C13H18N2O. The van der Waals surface area contributed by atoms with Crippen LogP contribution in [-0.2, 0) is 0 Å². The van der Waals surface area contributed by atoms with Crippen LogP contribution in [0.1, 0.15) is 33.0 Å². The van der Waals surface area contributed by atoms with Crippen molar-refractivity contribution in [1.82, 2.24) is 9.97 Å². The number of hydrogen-bond donors (Lipinski definition) is 1. The normalized spacial score (nSPS) is 13.6. The molecule has 0 saturated heterocycles. The van der Waals surface area contributed by atoms with E-state index in [9.17, 15) is 5.11 Å². The number of hydrogen-bond acceptors (Lipinski definition) is 3. The molecule has 0 aromatic carbocycles. The maximum atomic E-state index is 9.34. The molecular weight excluding hydrogens is 200 g/mol. The molecule has 1 aromatic rings. The molecule has 1 N–H and O–H groups in total. The second kappa shape index (κ2) is 6.18. The van der Waals surface area contributed by atoms with Gasteiger partial charge in [0.25, 0.3) is 0 Å². The number of aliphatic hydroxyl groups is 1. The van der Waals surface area contributed by atoms with E-state index in [2.05, 4.69) is 23.8 Å². The molecule has 0 aliphatic carbocycles. The molecule has 0 atom stereocenters. The zero-order valence-corrected chi connectivity index (χ0v) is 10.1. The van der Waals surface area contributed by atoms with Crippen molar-refractivity contribution in [2.45, 2.75) is 27.2 Å². The molecule has 86 valence electrons. The molecule has 0 fully saturated rings. The van der Waals surface area contributed by atoms with E-state index < -0.39 is 0 Å². The van der Waals surface area contributed by atoms with Crippen LogP contribution in [0, 0.1) is 0 Å². The van der Waals surface area contributed by atoms with Crippen molar-refractivity contribution >= 4 is 5.57 Å². The van der Waals surface area contributed by atoms with Crippen molar-refractivity contribution in [3.05, 3.63) is 41.5 Å². The summed E-state index contributed by atoms with van der Waals surface area (Å²) in [5, 5.41) is 9.34. The Morgan fingerprint density at radius 1 is 1.31 bits per heavy atom. The van der Waals surface area contributed by atoms with Crippen LogP contribution in [0.25, 0.3) is 5.57 Å². The van der Waals surface area contributed by atoms with Gasteiger partial charge in [0.15, 0.2) is 5.82 Å². The predicted molar refractivity (Wildman–Crippen MR) is 65.8 cm³/mol. The summed E-state index contributed by atoms with van der Waals surface area (Å²) < 4.78 is 0. The Balaban J connectivity index is 3.10. The van der Waals surface area contributed by atoms with E-state index in [1.165, 1.54) is 5.57 Å². The zero-order chi connectivity index (χ0) is 12.0.